The molecule has 0 heterocycles. The Labute approximate surface area is 300 Å². The van der Waals surface area contributed by atoms with E-state index in [1.54, 1.807) is 6.07 Å². The number of halogens is 5. The van der Waals surface area contributed by atoms with Gasteiger partial charge in [-0.1, -0.05) is 76.3 Å². The van der Waals surface area contributed by atoms with Gasteiger partial charge in [-0.2, -0.15) is 35.4 Å². The minimum absolute atomic E-state index is 0. The molecule has 0 radical (unpaired) electrons. The van der Waals surface area contributed by atoms with Gasteiger partial charge in [-0.05, 0) is 17.4 Å². The predicted octanol–water partition coefficient (Wildman–Crippen LogP) is 4.79. The van der Waals surface area contributed by atoms with Gasteiger partial charge in [-0.15, -0.1) is 12.0 Å². The summed E-state index contributed by atoms with van der Waals surface area (Å²) >= 11 is 1.09. The molecule has 0 saturated heterocycles. The summed E-state index contributed by atoms with van der Waals surface area (Å²) in [6.07, 6.45) is 6.74. The predicted molar refractivity (Wildman–Crippen MR) is 174 cm³/mol. The molecular weight excluding hydrogens is 700 g/mol. The molecule has 4 aromatic carbocycles. The fourth-order valence-corrected chi connectivity index (χ4v) is 5.74. The minimum atomic E-state index is -4.29. The first-order chi connectivity index (χ1) is 20.6. The van der Waals surface area contributed by atoms with E-state index < -0.39 is 11.7 Å². The maximum atomic E-state index is 12.6. The first kappa shape index (κ1) is 39.7. The van der Waals surface area contributed by atoms with Crippen molar-refractivity contribution in [2.45, 2.75) is 71.4 Å². The standard InChI is InChI=1S/C21H25.C14H9F3.C5H5.2ClH.Zr/c1-20(2,3)16-9-7-14-11-15-8-10-17(21(4,5)6)13-19(15)18(14)12-16;15-14(16,17)13-8-4-7-12(10-13)9-11-5-2-1-3-6-11;1-2-4-5-3-1;;;/h7,9-10,12-13H,11H2,1-6H3;1-8,10H;1-3H,4H2;2*1H;/q-1;;-1;;;+2/p-2. The van der Waals surface area contributed by atoms with E-state index in [1.165, 1.54) is 45.5 Å². The molecule has 0 aliphatic heterocycles. The molecule has 0 fully saturated rings. The first-order valence-electron chi connectivity index (χ1n) is 14.9. The van der Waals surface area contributed by atoms with Crippen LogP contribution >= 0.6 is 0 Å². The van der Waals surface area contributed by atoms with E-state index in [0.717, 1.165) is 51.9 Å². The van der Waals surface area contributed by atoms with Crippen LogP contribution in [0.2, 0.25) is 0 Å². The Bertz CT molecular complexity index is 1600. The van der Waals surface area contributed by atoms with Gasteiger partial charge in [-0.3, -0.25) is 6.08 Å². The molecule has 0 N–H and O–H groups in total. The largest absolute Gasteiger partial charge is 1.00 e. The van der Waals surface area contributed by atoms with Crippen molar-refractivity contribution in [3.05, 3.63) is 154 Å². The number of hydrogen-bond donors (Lipinski definition) is 0. The third kappa shape index (κ3) is 10.5. The summed E-state index contributed by atoms with van der Waals surface area (Å²) in [6.45, 7) is 13.6. The van der Waals surface area contributed by atoms with Crippen molar-refractivity contribution in [3.8, 4) is 11.1 Å². The van der Waals surface area contributed by atoms with Crippen LogP contribution in [0.4, 0.5) is 13.2 Å². The van der Waals surface area contributed by atoms with Gasteiger partial charge in [0.15, 0.2) is 0 Å². The van der Waals surface area contributed by atoms with Crippen LogP contribution in [0.5, 0.6) is 0 Å². The summed E-state index contributed by atoms with van der Waals surface area (Å²) in [6, 6.07) is 30.0. The van der Waals surface area contributed by atoms with Crippen LogP contribution in [0, 0.1) is 12.1 Å². The summed E-state index contributed by atoms with van der Waals surface area (Å²) in [5.41, 5.74) is 9.76. The maximum Gasteiger partial charge on any atom is -0.109 e. The number of rotatable bonds is 2. The number of alkyl halides is 3. The van der Waals surface area contributed by atoms with E-state index in [2.05, 4.69) is 90.1 Å². The maximum absolute atomic E-state index is 12.6. The molecule has 46 heavy (non-hydrogen) atoms. The van der Waals surface area contributed by atoms with Crippen LogP contribution in [0.25, 0.3) is 11.1 Å². The molecule has 2 aliphatic carbocycles. The van der Waals surface area contributed by atoms with Crippen molar-refractivity contribution < 1.29 is 62.2 Å². The molecule has 6 heteroatoms. The smallest absolute Gasteiger partial charge is 0.109 e. The Kier molecular flexibility index (Phi) is 14.3. The van der Waals surface area contributed by atoms with Gasteiger partial charge in [0.05, 0.1) is 0 Å². The van der Waals surface area contributed by atoms with E-state index in [1.807, 2.05) is 42.5 Å². The van der Waals surface area contributed by atoms with Gasteiger partial charge >= 0.3 is 118 Å². The number of allylic oxidation sites excluding steroid dienone is 4. The fourth-order valence-electron chi connectivity index (χ4n) is 4.95. The van der Waals surface area contributed by atoms with Crippen LogP contribution in [0.15, 0.2) is 103 Å². The van der Waals surface area contributed by atoms with Crippen molar-refractivity contribution in [2.24, 2.45) is 0 Å². The second-order valence-electron chi connectivity index (χ2n) is 13.2. The third-order valence-electron chi connectivity index (χ3n) is 7.65. The average molecular weight is 739 g/mol. The van der Waals surface area contributed by atoms with E-state index in [-0.39, 0.29) is 35.6 Å². The Balaban J connectivity index is 0.000000270. The summed E-state index contributed by atoms with van der Waals surface area (Å²) < 4.78 is 38.8. The molecule has 6 rings (SSSR count). The van der Waals surface area contributed by atoms with Gasteiger partial charge < -0.3 is 24.8 Å². The number of hydrogen-bond acceptors (Lipinski definition) is 0. The van der Waals surface area contributed by atoms with Crippen LogP contribution in [-0.2, 0) is 47.7 Å². The summed E-state index contributed by atoms with van der Waals surface area (Å²) in [5.74, 6) is 0. The molecule has 4 aromatic rings. The normalized spacial score (nSPS) is 12.8. The minimum Gasteiger partial charge on any atom is -1.00 e. The van der Waals surface area contributed by atoms with Crippen molar-refractivity contribution in [1.29, 1.82) is 0 Å². The summed E-state index contributed by atoms with van der Waals surface area (Å²) in [5, 5.41) is 0. The molecule has 0 bridgehead atoms. The van der Waals surface area contributed by atoms with Crippen molar-refractivity contribution in [2.75, 3.05) is 0 Å². The quantitative estimate of drug-likeness (QED) is 0.229. The molecule has 0 atom stereocenters. The number of fused-ring (bicyclic) bond motifs is 3. The summed E-state index contributed by atoms with van der Waals surface area (Å²) in [7, 11) is 0. The molecule has 240 valence electrons. The Hall–Kier alpha value is -2.52. The second-order valence-corrected chi connectivity index (χ2v) is 14.4. The second kappa shape index (κ2) is 16.5. The SMILES string of the molecule is CC(C)(C)c1c[c-]c2c(c1)-c1cc(C(C)(C)C)ccc1C2.FC(F)(F)c1cccc([C](=[Zr+2])c2ccccc2)c1.[C-]1=CC=CC1.[Cl-].[Cl-]. The molecule has 2 aliphatic rings. The van der Waals surface area contributed by atoms with E-state index in [0.29, 0.717) is 5.56 Å². The van der Waals surface area contributed by atoms with Crippen LogP contribution < -0.4 is 24.8 Å². The topological polar surface area (TPSA) is 0 Å². The van der Waals surface area contributed by atoms with Crippen LogP contribution in [-0.4, -0.2) is 3.21 Å². The van der Waals surface area contributed by atoms with Gasteiger partial charge in [0.25, 0.3) is 0 Å². The van der Waals surface area contributed by atoms with Crippen LogP contribution in [0.1, 0.15) is 86.9 Å². The number of benzene rings is 4. The molecule has 0 unspecified atom stereocenters. The zero-order valence-electron chi connectivity index (χ0n) is 27.1. The zero-order chi connectivity index (χ0) is 32.1. The molecule has 0 nitrogen and oxygen atoms in total. The fraction of sp³-hybridized carbons (Fsp3) is 0.275. The molecule has 0 aromatic heterocycles. The van der Waals surface area contributed by atoms with Gasteiger partial charge in [0.1, 0.15) is 0 Å². The van der Waals surface area contributed by atoms with Gasteiger partial charge in [-0.25, -0.2) is 12.2 Å². The zero-order valence-corrected chi connectivity index (χ0v) is 31.1. The van der Waals surface area contributed by atoms with Gasteiger partial charge in [0.2, 0.25) is 0 Å². The molecular formula is C40H39Cl2F3Zr-2. The van der Waals surface area contributed by atoms with Crippen molar-refractivity contribution >= 4 is 3.21 Å². The van der Waals surface area contributed by atoms with E-state index in [4.69, 9.17) is 0 Å². The van der Waals surface area contributed by atoms with Gasteiger partial charge in [0, 0.05) is 0 Å². The Morgan fingerprint density at radius 1 is 0.696 bits per heavy atom. The first-order valence-corrected chi connectivity index (χ1v) is 16.1. The summed E-state index contributed by atoms with van der Waals surface area (Å²) in [4.78, 5) is 0. The van der Waals surface area contributed by atoms with Crippen molar-refractivity contribution in [3.63, 3.8) is 0 Å². The molecule has 0 saturated carbocycles. The van der Waals surface area contributed by atoms with Crippen LogP contribution in [0.3, 0.4) is 0 Å². The van der Waals surface area contributed by atoms with Crippen molar-refractivity contribution in [1.82, 2.24) is 0 Å². The van der Waals surface area contributed by atoms with E-state index in [9.17, 15) is 13.2 Å². The average Bonchev–Trinajstić information content (AvgIpc) is 3.68. The monoisotopic (exact) mass is 736 g/mol. The molecule has 0 amide bonds. The third-order valence-corrected chi connectivity index (χ3v) is 9.07. The molecule has 0 spiro atoms. The Morgan fingerprint density at radius 3 is 1.87 bits per heavy atom. The van der Waals surface area contributed by atoms with E-state index >= 15 is 0 Å². The Morgan fingerprint density at radius 2 is 1.33 bits per heavy atom.